The highest BCUT2D eigenvalue weighted by Gasteiger charge is 2.39. The van der Waals surface area contributed by atoms with E-state index < -0.39 is 24.0 Å². The van der Waals surface area contributed by atoms with Crippen molar-refractivity contribution >= 4 is 24.3 Å². The van der Waals surface area contributed by atoms with Crippen LogP contribution in [0.25, 0.3) is 0 Å². The van der Waals surface area contributed by atoms with Crippen molar-refractivity contribution in [1.29, 1.82) is 0 Å². The monoisotopic (exact) mass is 480 g/mol. The normalized spacial score (nSPS) is 26.4. The maximum absolute atomic E-state index is 13.4. The van der Waals surface area contributed by atoms with E-state index in [1.54, 1.807) is 0 Å². The van der Waals surface area contributed by atoms with Crippen LogP contribution in [0, 0.1) is 11.8 Å². The minimum atomic E-state index is -0.761. The predicted molar refractivity (Wildman–Crippen MR) is 124 cm³/mol. The zero-order valence-corrected chi connectivity index (χ0v) is 20.5. The van der Waals surface area contributed by atoms with Crippen molar-refractivity contribution in [3.05, 3.63) is 0 Å². The summed E-state index contributed by atoms with van der Waals surface area (Å²) in [4.78, 5) is 53.2. The van der Waals surface area contributed by atoms with E-state index in [0.29, 0.717) is 49.2 Å². The molecule has 34 heavy (non-hydrogen) atoms. The Morgan fingerprint density at radius 1 is 1.06 bits per heavy atom. The third kappa shape index (κ3) is 7.15. The Balaban J connectivity index is 1.54. The molecular weight excluding hydrogens is 440 g/mol. The lowest BCUT2D eigenvalue weighted by molar-refractivity contribution is -0.158. The molecule has 1 saturated heterocycles. The Labute approximate surface area is 201 Å². The molecule has 0 aromatic heterocycles. The molecule has 0 radical (unpaired) electrons. The number of imide groups is 1. The summed E-state index contributed by atoms with van der Waals surface area (Å²) in [7, 11) is 4.09. The maximum atomic E-state index is 13.4. The van der Waals surface area contributed by atoms with Crippen molar-refractivity contribution in [3.63, 3.8) is 0 Å². The first kappa shape index (κ1) is 26.4. The third-order valence-electron chi connectivity index (χ3n) is 7.68. The summed E-state index contributed by atoms with van der Waals surface area (Å²) >= 11 is 0. The lowest BCUT2D eigenvalue weighted by atomic mass is 9.91. The van der Waals surface area contributed by atoms with Gasteiger partial charge in [0.25, 0.3) is 5.91 Å². The molecule has 3 fully saturated rings. The fourth-order valence-corrected chi connectivity index (χ4v) is 5.75. The smallest absolute Gasteiger partial charge is 0.414 e. The number of likely N-dealkylation sites (tertiary alicyclic amines) is 1. The maximum Gasteiger partial charge on any atom is 0.414 e. The van der Waals surface area contributed by atoms with Crippen LogP contribution >= 0.6 is 0 Å². The molecule has 0 aromatic carbocycles. The Morgan fingerprint density at radius 3 is 2.35 bits per heavy atom. The molecule has 1 heterocycles. The van der Waals surface area contributed by atoms with Gasteiger partial charge in [-0.25, -0.2) is 9.86 Å². The number of hydrogen-bond donors (Lipinski definition) is 2. The predicted octanol–water partition coefficient (Wildman–Crippen LogP) is 2.15. The molecule has 1 aliphatic heterocycles. The third-order valence-corrected chi connectivity index (χ3v) is 7.68. The fraction of sp³-hybridized carbons (Fsp3) is 0.833. The van der Waals surface area contributed by atoms with Gasteiger partial charge in [0, 0.05) is 12.6 Å². The lowest BCUT2D eigenvalue weighted by Crippen LogP contribution is -2.51. The van der Waals surface area contributed by atoms with Crippen LogP contribution in [0.4, 0.5) is 4.79 Å². The molecule has 3 aliphatic rings. The Hall–Kier alpha value is -2.20. The molecule has 0 bridgehead atoms. The van der Waals surface area contributed by atoms with Gasteiger partial charge in [-0.1, -0.05) is 25.7 Å². The number of ether oxygens (including phenoxy) is 1. The topological polar surface area (TPSA) is 119 Å². The van der Waals surface area contributed by atoms with Gasteiger partial charge in [0.2, 0.25) is 12.3 Å². The summed E-state index contributed by atoms with van der Waals surface area (Å²) in [6.45, 7) is 0.315. The number of carbonyl (C=O) groups excluding carboxylic acids is 4. The minimum Gasteiger partial charge on any atom is -0.446 e. The fourth-order valence-electron chi connectivity index (χ4n) is 5.75. The SMILES string of the molecule is CN(C)C1CCC(OC(=O)NC(=O)[C@@H]2CCCN2C(=O)[C@H](CC2CCCC2)CN(O)C=O)CC1. The number of rotatable bonds is 9. The number of hydroxylamine groups is 2. The van der Waals surface area contributed by atoms with E-state index in [9.17, 15) is 24.4 Å². The van der Waals surface area contributed by atoms with E-state index in [2.05, 4.69) is 10.2 Å². The van der Waals surface area contributed by atoms with Crippen LogP contribution in [0.3, 0.4) is 0 Å². The number of carbonyl (C=O) groups is 4. The van der Waals surface area contributed by atoms with Crippen molar-refractivity contribution in [2.45, 2.75) is 88.8 Å². The van der Waals surface area contributed by atoms with E-state index in [1.165, 1.54) is 4.90 Å². The van der Waals surface area contributed by atoms with E-state index in [-0.39, 0.29) is 18.6 Å². The van der Waals surface area contributed by atoms with E-state index in [1.807, 2.05) is 14.1 Å². The first-order valence-corrected chi connectivity index (χ1v) is 12.7. The van der Waals surface area contributed by atoms with Gasteiger partial charge < -0.3 is 14.5 Å². The molecule has 2 aliphatic carbocycles. The molecule has 3 rings (SSSR count). The van der Waals surface area contributed by atoms with Crippen LogP contribution in [-0.4, -0.2) is 89.8 Å². The first-order chi connectivity index (χ1) is 16.3. The van der Waals surface area contributed by atoms with Gasteiger partial charge in [-0.3, -0.25) is 24.9 Å². The number of nitrogens with zero attached hydrogens (tertiary/aromatic N) is 3. The second kappa shape index (κ2) is 12.5. The van der Waals surface area contributed by atoms with Gasteiger partial charge in [0.05, 0.1) is 12.5 Å². The Kier molecular flexibility index (Phi) is 9.70. The van der Waals surface area contributed by atoms with Crippen molar-refractivity contribution in [2.75, 3.05) is 27.2 Å². The summed E-state index contributed by atoms with van der Waals surface area (Å²) in [5.74, 6) is -0.985. The summed E-state index contributed by atoms with van der Waals surface area (Å²) < 4.78 is 5.48. The Bertz CT molecular complexity index is 718. The molecule has 2 atom stereocenters. The number of nitrogens with one attached hydrogen (secondary N) is 1. The van der Waals surface area contributed by atoms with E-state index >= 15 is 0 Å². The quantitative estimate of drug-likeness (QED) is 0.295. The highest BCUT2D eigenvalue weighted by Crippen LogP contribution is 2.32. The minimum absolute atomic E-state index is 0.0959. The molecule has 4 amide bonds. The van der Waals surface area contributed by atoms with Gasteiger partial charge in [-0.2, -0.15) is 0 Å². The Morgan fingerprint density at radius 2 is 1.74 bits per heavy atom. The number of hydrogen-bond acceptors (Lipinski definition) is 7. The number of alkyl carbamates (subject to hydrolysis) is 1. The molecule has 10 heteroatoms. The number of amides is 4. The molecule has 0 spiro atoms. The van der Waals surface area contributed by atoms with Gasteiger partial charge >= 0.3 is 6.09 Å². The van der Waals surface area contributed by atoms with Crippen molar-refractivity contribution < 1.29 is 29.1 Å². The van der Waals surface area contributed by atoms with Crippen molar-refractivity contribution in [2.24, 2.45) is 11.8 Å². The summed E-state index contributed by atoms with van der Waals surface area (Å²) in [5.41, 5.74) is 0. The molecule has 0 unspecified atom stereocenters. The molecule has 2 N–H and O–H groups in total. The van der Waals surface area contributed by atoms with Crippen LogP contribution < -0.4 is 5.32 Å². The standard InChI is InChI=1S/C24H40N4O6/c1-26(2)19-9-11-20(12-10-19)34-24(32)25-22(30)21-8-5-13-28(21)23(31)18(15-27(33)16-29)14-17-6-3-4-7-17/h16-21,33H,3-15H2,1-2H3,(H,25,30,32)/t18-,19?,20?,21+/m1/s1. The van der Waals surface area contributed by atoms with Crippen LogP contribution in [0.5, 0.6) is 0 Å². The van der Waals surface area contributed by atoms with Gasteiger partial charge in [-0.15, -0.1) is 0 Å². The molecule has 192 valence electrons. The summed E-state index contributed by atoms with van der Waals surface area (Å²) in [6, 6.07) is -0.271. The van der Waals surface area contributed by atoms with E-state index in [0.717, 1.165) is 51.4 Å². The van der Waals surface area contributed by atoms with E-state index in [4.69, 9.17) is 4.74 Å². The average molecular weight is 481 g/mol. The van der Waals surface area contributed by atoms with Crippen LogP contribution in [-0.2, 0) is 19.1 Å². The average Bonchev–Trinajstić information content (AvgIpc) is 3.50. The first-order valence-electron chi connectivity index (χ1n) is 12.7. The molecule has 2 saturated carbocycles. The molecule has 0 aromatic rings. The van der Waals surface area contributed by atoms with Gasteiger partial charge in [0.15, 0.2) is 0 Å². The van der Waals surface area contributed by atoms with Crippen molar-refractivity contribution in [1.82, 2.24) is 20.2 Å². The second-order valence-electron chi connectivity index (χ2n) is 10.3. The highest BCUT2D eigenvalue weighted by atomic mass is 16.6. The zero-order chi connectivity index (χ0) is 24.7. The lowest BCUT2D eigenvalue weighted by Gasteiger charge is -2.32. The van der Waals surface area contributed by atoms with Crippen LogP contribution in [0.1, 0.15) is 70.6 Å². The van der Waals surface area contributed by atoms with Gasteiger partial charge in [0.1, 0.15) is 12.1 Å². The molecule has 10 nitrogen and oxygen atoms in total. The van der Waals surface area contributed by atoms with Gasteiger partial charge in [-0.05, 0) is 65.0 Å². The highest BCUT2D eigenvalue weighted by molar-refractivity contribution is 5.97. The van der Waals surface area contributed by atoms with Crippen molar-refractivity contribution in [3.8, 4) is 0 Å². The largest absolute Gasteiger partial charge is 0.446 e. The summed E-state index contributed by atoms with van der Waals surface area (Å²) in [5, 5.41) is 12.6. The summed E-state index contributed by atoms with van der Waals surface area (Å²) in [6.07, 6.45) is 8.72. The van der Waals surface area contributed by atoms with Crippen LogP contribution in [0.2, 0.25) is 0 Å². The molecular formula is C24H40N4O6. The zero-order valence-electron chi connectivity index (χ0n) is 20.5. The second-order valence-corrected chi connectivity index (χ2v) is 10.3. The van der Waals surface area contributed by atoms with Crippen LogP contribution in [0.15, 0.2) is 0 Å².